The lowest BCUT2D eigenvalue weighted by molar-refractivity contribution is -0.136. The topological polar surface area (TPSA) is 112 Å². The third-order valence-electron chi connectivity index (χ3n) is 1.96. The fourth-order valence-electron chi connectivity index (χ4n) is 1.23. The molecule has 0 unspecified atom stereocenters. The summed E-state index contributed by atoms with van der Waals surface area (Å²) in [5.74, 6) is -0.361. The first-order valence-corrected chi connectivity index (χ1v) is 6.09. The molecule has 0 spiro atoms. The Labute approximate surface area is 100 Å². The van der Waals surface area contributed by atoms with Crippen LogP contribution in [0.2, 0.25) is 0 Å². The van der Waals surface area contributed by atoms with Gasteiger partial charge in [0.05, 0.1) is 12.8 Å². The molecule has 0 aliphatic rings. The number of aliphatic hydroxyl groups is 1. The second kappa shape index (κ2) is 5.12. The molecule has 1 aromatic rings. The van der Waals surface area contributed by atoms with Crippen LogP contribution in [0.5, 0.6) is 0 Å². The smallest absolute Gasteiger partial charge is 0.395 e. The van der Waals surface area contributed by atoms with Crippen molar-refractivity contribution in [3.63, 3.8) is 0 Å². The summed E-state index contributed by atoms with van der Waals surface area (Å²) < 4.78 is 60.6. The van der Waals surface area contributed by atoms with E-state index >= 15 is 0 Å². The molecule has 1 heterocycles. The second-order valence-electron chi connectivity index (χ2n) is 3.33. The van der Waals surface area contributed by atoms with E-state index in [4.69, 9.17) is 10.8 Å². The summed E-state index contributed by atoms with van der Waals surface area (Å²) in [7, 11) is -4.45. The summed E-state index contributed by atoms with van der Waals surface area (Å²) in [6, 6.07) is 0. The van der Waals surface area contributed by atoms with Crippen LogP contribution in [0, 0.1) is 0 Å². The number of nitrogens with two attached hydrogens (primary N) is 1. The van der Waals surface area contributed by atoms with E-state index in [9.17, 15) is 21.6 Å². The van der Waals surface area contributed by atoms with Gasteiger partial charge >= 0.3 is 6.18 Å². The summed E-state index contributed by atoms with van der Waals surface area (Å²) in [4.78, 5) is -0.555. The van der Waals surface area contributed by atoms with Gasteiger partial charge in [0.1, 0.15) is 17.3 Å². The highest BCUT2D eigenvalue weighted by atomic mass is 32.2. The number of anilines is 1. The van der Waals surface area contributed by atoms with E-state index in [0.717, 1.165) is 6.20 Å². The number of hydrogen-bond donors (Lipinski definition) is 3. The quantitative estimate of drug-likeness (QED) is 0.678. The molecule has 0 bridgehead atoms. The zero-order valence-corrected chi connectivity index (χ0v) is 9.79. The first-order chi connectivity index (χ1) is 8.18. The lowest BCUT2D eigenvalue weighted by Crippen LogP contribution is -2.40. The maximum absolute atomic E-state index is 12.3. The van der Waals surface area contributed by atoms with Gasteiger partial charge in [0.25, 0.3) is 0 Å². The van der Waals surface area contributed by atoms with E-state index < -0.39 is 40.8 Å². The fourth-order valence-corrected chi connectivity index (χ4v) is 2.65. The Hall–Kier alpha value is -1.33. The number of aromatic amines is 1. The summed E-state index contributed by atoms with van der Waals surface area (Å²) in [6.07, 6.45) is -3.91. The standard InChI is InChI=1S/C7H11F3N4O3S/c8-7(9,10)4-14(1-2-15)18(16,17)5-3-12-13-6(5)11/h3,15H,1-2,4H2,(H3,11,12,13). The summed E-state index contributed by atoms with van der Waals surface area (Å²) in [6.45, 7) is -3.14. The molecule has 7 nitrogen and oxygen atoms in total. The number of sulfonamides is 1. The van der Waals surface area contributed by atoms with Gasteiger partial charge in [-0.15, -0.1) is 0 Å². The van der Waals surface area contributed by atoms with Gasteiger partial charge in [-0.3, -0.25) is 5.10 Å². The number of hydrogen-bond acceptors (Lipinski definition) is 5. The van der Waals surface area contributed by atoms with Gasteiger partial charge in [-0.05, 0) is 0 Å². The molecule has 0 atom stereocenters. The van der Waals surface area contributed by atoms with Crippen LogP contribution in [0.4, 0.5) is 19.0 Å². The average Bonchev–Trinajstić information content (AvgIpc) is 2.62. The maximum Gasteiger partial charge on any atom is 0.402 e. The third-order valence-corrected chi connectivity index (χ3v) is 3.83. The lowest BCUT2D eigenvalue weighted by atomic mass is 10.6. The van der Waals surface area contributed by atoms with Crippen molar-refractivity contribution < 1.29 is 26.7 Å². The van der Waals surface area contributed by atoms with Crippen LogP contribution < -0.4 is 5.73 Å². The number of nitrogens with one attached hydrogen (secondary N) is 1. The van der Waals surface area contributed by atoms with E-state index in [1.807, 2.05) is 0 Å². The number of aliphatic hydroxyl groups excluding tert-OH is 1. The number of aromatic nitrogens is 2. The lowest BCUT2D eigenvalue weighted by Gasteiger charge is -2.21. The van der Waals surface area contributed by atoms with Crippen LogP contribution in [0.25, 0.3) is 0 Å². The highest BCUT2D eigenvalue weighted by Gasteiger charge is 2.37. The van der Waals surface area contributed by atoms with E-state index in [0.29, 0.717) is 0 Å². The Morgan fingerprint density at radius 1 is 1.50 bits per heavy atom. The normalized spacial score (nSPS) is 13.2. The first-order valence-electron chi connectivity index (χ1n) is 4.65. The molecular weight excluding hydrogens is 277 g/mol. The molecular formula is C7H11F3N4O3S. The minimum absolute atomic E-state index is 0.0915. The van der Waals surface area contributed by atoms with E-state index in [2.05, 4.69) is 10.2 Å². The largest absolute Gasteiger partial charge is 0.402 e. The van der Waals surface area contributed by atoms with Gasteiger partial charge in [-0.2, -0.15) is 22.6 Å². The van der Waals surface area contributed by atoms with Crippen LogP contribution in [-0.4, -0.2) is 53.9 Å². The van der Waals surface area contributed by atoms with Gasteiger partial charge in [0.15, 0.2) is 0 Å². The molecule has 0 saturated heterocycles. The predicted octanol–water partition coefficient (Wildman–Crippen LogP) is -0.463. The molecule has 0 aliphatic heterocycles. The van der Waals surface area contributed by atoms with Crippen LogP contribution in [0.1, 0.15) is 0 Å². The molecule has 0 radical (unpaired) electrons. The Balaban J connectivity index is 3.09. The summed E-state index contributed by atoms with van der Waals surface area (Å²) in [5.41, 5.74) is 5.26. The van der Waals surface area contributed by atoms with Crippen molar-refractivity contribution in [2.75, 3.05) is 25.4 Å². The number of nitrogen functional groups attached to an aromatic ring is 1. The molecule has 104 valence electrons. The highest BCUT2D eigenvalue weighted by Crippen LogP contribution is 2.24. The van der Waals surface area contributed by atoms with Crippen molar-refractivity contribution in [2.24, 2.45) is 0 Å². The second-order valence-corrected chi connectivity index (χ2v) is 5.23. The molecule has 0 amide bonds. The number of alkyl halides is 3. The molecule has 1 aromatic heterocycles. The van der Waals surface area contributed by atoms with E-state index in [1.165, 1.54) is 0 Å². The van der Waals surface area contributed by atoms with Crippen molar-refractivity contribution in [2.45, 2.75) is 11.1 Å². The number of H-pyrrole nitrogens is 1. The Bertz CT molecular complexity index is 498. The van der Waals surface area contributed by atoms with Crippen molar-refractivity contribution in [3.8, 4) is 0 Å². The highest BCUT2D eigenvalue weighted by molar-refractivity contribution is 7.89. The van der Waals surface area contributed by atoms with Crippen molar-refractivity contribution in [3.05, 3.63) is 6.20 Å². The van der Waals surface area contributed by atoms with Gasteiger partial charge in [0.2, 0.25) is 10.0 Å². The van der Waals surface area contributed by atoms with Crippen molar-refractivity contribution >= 4 is 15.8 Å². The number of rotatable bonds is 5. The third kappa shape index (κ3) is 3.34. The molecule has 18 heavy (non-hydrogen) atoms. The summed E-state index contributed by atoms with van der Waals surface area (Å²) >= 11 is 0. The Morgan fingerprint density at radius 3 is 2.50 bits per heavy atom. The van der Waals surface area contributed by atoms with Crippen LogP contribution >= 0.6 is 0 Å². The summed E-state index contributed by atoms with van der Waals surface area (Å²) in [5, 5.41) is 14.1. The number of halogens is 3. The molecule has 1 rings (SSSR count). The Kier molecular flexibility index (Phi) is 4.19. The van der Waals surface area contributed by atoms with Crippen LogP contribution in [-0.2, 0) is 10.0 Å². The first kappa shape index (κ1) is 14.7. The van der Waals surface area contributed by atoms with Gasteiger partial charge in [0, 0.05) is 6.54 Å². The monoisotopic (exact) mass is 288 g/mol. The van der Waals surface area contributed by atoms with E-state index in [1.54, 1.807) is 0 Å². The fraction of sp³-hybridized carbons (Fsp3) is 0.571. The van der Waals surface area contributed by atoms with Gasteiger partial charge < -0.3 is 10.8 Å². The Morgan fingerprint density at radius 2 is 2.11 bits per heavy atom. The van der Waals surface area contributed by atoms with Gasteiger partial charge in [-0.1, -0.05) is 0 Å². The van der Waals surface area contributed by atoms with Crippen LogP contribution in [0.3, 0.4) is 0 Å². The van der Waals surface area contributed by atoms with Crippen molar-refractivity contribution in [1.82, 2.24) is 14.5 Å². The molecule has 0 aliphatic carbocycles. The van der Waals surface area contributed by atoms with Crippen LogP contribution in [0.15, 0.2) is 11.1 Å². The molecule has 4 N–H and O–H groups in total. The molecule has 11 heteroatoms. The average molecular weight is 288 g/mol. The number of nitrogens with zero attached hydrogens (tertiary/aromatic N) is 2. The zero-order chi connectivity index (χ0) is 14.0. The minimum Gasteiger partial charge on any atom is -0.395 e. The van der Waals surface area contributed by atoms with Crippen molar-refractivity contribution in [1.29, 1.82) is 0 Å². The maximum atomic E-state index is 12.3. The van der Waals surface area contributed by atoms with Gasteiger partial charge in [-0.25, -0.2) is 8.42 Å². The molecule has 0 saturated carbocycles. The molecule has 0 fully saturated rings. The molecule has 0 aromatic carbocycles. The SMILES string of the molecule is Nc1[nH]ncc1S(=O)(=O)N(CCO)CC(F)(F)F. The van der Waals surface area contributed by atoms with E-state index in [-0.39, 0.29) is 10.1 Å². The predicted molar refractivity (Wildman–Crippen MR) is 54.9 cm³/mol. The zero-order valence-electron chi connectivity index (χ0n) is 8.98. The minimum atomic E-state index is -4.72.